The summed E-state index contributed by atoms with van der Waals surface area (Å²) in [6.07, 6.45) is 3.40. The van der Waals surface area contributed by atoms with E-state index < -0.39 is 17.6 Å². The molecule has 0 bridgehead atoms. The molecule has 1 saturated heterocycles. The van der Waals surface area contributed by atoms with E-state index in [1.807, 2.05) is 11.4 Å². The molecule has 1 aliphatic rings. The van der Waals surface area contributed by atoms with Crippen molar-refractivity contribution < 1.29 is 23.5 Å². The second-order valence-corrected chi connectivity index (χ2v) is 9.42. The van der Waals surface area contributed by atoms with Crippen LogP contribution < -0.4 is 5.32 Å². The van der Waals surface area contributed by atoms with Crippen molar-refractivity contribution in [2.24, 2.45) is 0 Å². The largest absolute Gasteiger partial charge is 0.481 e. The second kappa shape index (κ2) is 10.9. The van der Waals surface area contributed by atoms with Gasteiger partial charge in [-0.1, -0.05) is 30.0 Å². The lowest BCUT2D eigenvalue weighted by Gasteiger charge is -2.14. The molecule has 0 unspecified atom stereocenters. The van der Waals surface area contributed by atoms with E-state index in [-0.39, 0.29) is 12.3 Å². The monoisotopic (exact) mass is 482 g/mol. The first-order valence-corrected chi connectivity index (χ1v) is 11.7. The predicted octanol–water partition coefficient (Wildman–Crippen LogP) is 4.74. The van der Waals surface area contributed by atoms with E-state index in [2.05, 4.69) is 5.32 Å². The third-order valence-electron chi connectivity index (χ3n) is 4.52. The van der Waals surface area contributed by atoms with Gasteiger partial charge in [0.05, 0.1) is 11.3 Å². The minimum absolute atomic E-state index is 0.0834. The molecule has 1 aliphatic heterocycles. The highest BCUT2D eigenvalue weighted by Crippen LogP contribution is 2.35. The number of thiocarbonyl (C=S) groups is 1. The van der Waals surface area contributed by atoms with Gasteiger partial charge in [-0.05, 0) is 60.2 Å². The summed E-state index contributed by atoms with van der Waals surface area (Å²) >= 11 is 7.99. The van der Waals surface area contributed by atoms with Gasteiger partial charge >= 0.3 is 5.97 Å². The van der Waals surface area contributed by atoms with Crippen LogP contribution in [-0.4, -0.2) is 45.8 Å². The summed E-state index contributed by atoms with van der Waals surface area (Å²) in [7, 11) is 0. The minimum Gasteiger partial charge on any atom is -0.481 e. The highest BCUT2D eigenvalue weighted by Gasteiger charge is 2.31. The number of benzene rings is 1. The number of carbonyl (C=O) groups is 2. The van der Waals surface area contributed by atoms with Gasteiger partial charge in [0.2, 0.25) is 0 Å². The number of thioether (sulfide) groups is 1. The third-order valence-corrected chi connectivity index (χ3v) is 6.78. The van der Waals surface area contributed by atoms with Crippen molar-refractivity contribution in [1.82, 2.24) is 10.2 Å². The van der Waals surface area contributed by atoms with Crippen molar-refractivity contribution in [2.45, 2.75) is 19.3 Å². The van der Waals surface area contributed by atoms with E-state index in [1.165, 1.54) is 29.2 Å². The Balaban J connectivity index is 1.55. The van der Waals surface area contributed by atoms with Gasteiger partial charge in [0.1, 0.15) is 4.32 Å². The molecule has 1 aromatic carbocycles. The van der Waals surface area contributed by atoms with Crippen LogP contribution in [0.1, 0.15) is 24.1 Å². The number of aliphatic carboxylic acids is 1. The highest BCUT2D eigenvalue weighted by molar-refractivity contribution is 8.26. The van der Waals surface area contributed by atoms with Crippen LogP contribution in [0.25, 0.3) is 17.2 Å². The first-order chi connectivity index (χ1) is 14.8. The van der Waals surface area contributed by atoms with Gasteiger partial charge in [0.25, 0.3) is 5.91 Å². The molecule has 0 atom stereocenters. The normalized spacial score (nSPS) is 15.3. The maximum atomic E-state index is 13.5. The van der Waals surface area contributed by atoms with Gasteiger partial charge in [-0.2, -0.15) is 0 Å². The van der Waals surface area contributed by atoms with Crippen LogP contribution in [0.2, 0.25) is 0 Å². The number of carbonyl (C=O) groups excluding carboxylic acids is 1. The molecule has 164 valence electrons. The zero-order valence-corrected chi connectivity index (χ0v) is 18.8. The topological polar surface area (TPSA) is 69.6 Å². The quantitative estimate of drug-likeness (QED) is 0.290. The van der Waals surface area contributed by atoms with Crippen LogP contribution in [0, 0.1) is 11.6 Å². The molecule has 2 aromatic rings. The summed E-state index contributed by atoms with van der Waals surface area (Å²) in [5.74, 6) is -2.77. The van der Waals surface area contributed by atoms with E-state index in [4.69, 9.17) is 17.3 Å². The van der Waals surface area contributed by atoms with Gasteiger partial charge in [0, 0.05) is 18.0 Å². The molecule has 1 aromatic heterocycles. The van der Waals surface area contributed by atoms with E-state index in [0.717, 1.165) is 35.4 Å². The van der Waals surface area contributed by atoms with Gasteiger partial charge < -0.3 is 10.4 Å². The lowest BCUT2D eigenvalue weighted by atomic mass is 10.1. The maximum Gasteiger partial charge on any atom is 0.304 e. The zero-order chi connectivity index (χ0) is 22.4. The Bertz CT molecular complexity index is 1020. The Morgan fingerprint density at radius 1 is 1.16 bits per heavy atom. The number of carboxylic acids is 1. The number of carboxylic acid groups (broad SMARTS) is 1. The van der Waals surface area contributed by atoms with Crippen LogP contribution in [0.15, 0.2) is 34.6 Å². The second-order valence-electron chi connectivity index (χ2n) is 6.80. The molecular formula is C21H20F2N2O3S3. The molecule has 0 aliphatic carbocycles. The van der Waals surface area contributed by atoms with Crippen molar-refractivity contribution in [3.05, 3.63) is 51.1 Å². The fourth-order valence-electron chi connectivity index (χ4n) is 2.92. The first-order valence-electron chi connectivity index (χ1n) is 9.57. The lowest BCUT2D eigenvalue weighted by Crippen LogP contribution is -2.29. The molecule has 2 heterocycles. The Morgan fingerprint density at radius 2 is 1.97 bits per heavy atom. The Morgan fingerprint density at radius 3 is 2.71 bits per heavy atom. The van der Waals surface area contributed by atoms with Crippen LogP contribution in [-0.2, 0) is 9.59 Å². The molecule has 2 N–H and O–H groups in total. The summed E-state index contributed by atoms with van der Waals surface area (Å²) in [4.78, 5) is 26.1. The van der Waals surface area contributed by atoms with E-state index >= 15 is 0 Å². The third kappa shape index (κ3) is 6.42. The minimum atomic E-state index is -0.900. The standard InChI is InChI=1S/C21H20F2N2O3S3/c22-16-4-3-13(10-17(16)23)14-9-15(30-12-14)11-18-20(28)25(21(29)31-18)8-2-1-6-24-7-5-19(26)27/h3-4,9-12,24H,1-2,5-8H2,(H,26,27). The summed E-state index contributed by atoms with van der Waals surface area (Å²) < 4.78 is 27.1. The van der Waals surface area contributed by atoms with Crippen molar-refractivity contribution in [1.29, 1.82) is 0 Å². The van der Waals surface area contributed by atoms with Crippen LogP contribution >= 0.6 is 35.3 Å². The number of hydrogen-bond donors (Lipinski definition) is 2. The van der Waals surface area contributed by atoms with E-state index in [9.17, 15) is 18.4 Å². The average molecular weight is 483 g/mol. The molecule has 10 heteroatoms. The molecule has 0 spiro atoms. The van der Waals surface area contributed by atoms with Crippen molar-refractivity contribution in [2.75, 3.05) is 19.6 Å². The Labute approximate surface area is 192 Å². The smallest absolute Gasteiger partial charge is 0.304 e. The first kappa shape index (κ1) is 23.5. The molecule has 0 saturated carbocycles. The number of amides is 1. The number of rotatable bonds is 10. The van der Waals surface area contributed by atoms with Gasteiger partial charge in [0.15, 0.2) is 11.6 Å². The number of halogens is 2. The van der Waals surface area contributed by atoms with Gasteiger partial charge in [-0.15, -0.1) is 11.3 Å². The van der Waals surface area contributed by atoms with Crippen LogP contribution in [0.5, 0.6) is 0 Å². The Hall–Kier alpha value is -2.14. The molecular weight excluding hydrogens is 462 g/mol. The zero-order valence-electron chi connectivity index (χ0n) is 16.4. The number of nitrogens with zero attached hydrogens (tertiary/aromatic N) is 1. The van der Waals surface area contributed by atoms with E-state index in [0.29, 0.717) is 34.4 Å². The number of thiophene rings is 1. The molecule has 1 fully saturated rings. The molecule has 5 nitrogen and oxygen atoms in total. The van der Waals surface area contributed by atoms with Crippen molar-refractivity contribution in [3.63, 3.8) is 0 Å². The molecule has 1 amide bonds. The Kier molecular flexibility index (Phi) is 8.30. The lowest BCUT2D eigenvalue weighted by molar-refractivity contribution is -0.136. The predicted molar refractivity (Wildman–Crippen MR) is 124 cm³/mol. The van der Waals surface area contributed by atoms with Crippen LogP contribution in [0.3, 0.4) is 0 Å². The van der Waals surface area contributed by atoms with Crippen LogP contribution in [0.4, 0.5) is 8.78 Å². The summed E-state index contributed by atoms with van der Waals surface area (Å²) in [5, 5.41) is 13.5. The molecule has 3 rings (SSSR count). The summed E-state index contributed by atoms with van der Waals surface area (Å²) in [5.41, 5.74) is 1.32. The fraction of sp³-hybridized carbons (Fsp3) is 0.286. The molecule has 0 radical (unpaired) electrons. The van der Waals surface area contributed by atoms with Gasteiger partial charge in [-0.25, -0.2) is 8.78 Å². The SMILES string of the molecule is O=C(O)CCNCCCCN1C(=O)C(=Cc2cc(-c3ccc(F)c(F)c3)cs2)SC1=S. The number of nitrogens with one attached hydrogen (secondary N) is 1. The highest BCUT2D eigenvalue weighted by atomic mass is 32.2. The van der Waals surface area contributed by atoms with Crippen molar-refractivity contribution in [3.8, 4) is 11.1 Å². The summed E-state index contributed by atoms with van der Waals surface area (Å²) in [6, 6.07) is 5.58. The van der Waals surface area contributed by atoms with Crippen molar-refractivity contribution >= 4 is 57.6 Å². The average Bonchev–Trinajstić information content (AvgIpc) is 3.29. The maximum absolute atomic E-state index is 13.5. The van der Waals surface area contributed by atoms with Gasteiger partial charge in [-0.3, -0.25) is 14.5 Å². The van der Waals surface area contributed by atoms with E-state index in [1.54, 1.807) is 11.0 Å². The number of hydrogen-bond acceptors (Lipinski definition) is 6. The molecule has 31 heavy (non-hydrogen) atoms. The fourth-order valence-corrected chi connectivity index (χ4v) is 5.14. The number of unbranched alkanes of at least 4 members (excludes halogenated alkanes) is 1. The summed E-state index contributed by atoms with van der Waals surface area (Å²) in [6.45, 7) is 1.61.